The molecule has 0 radical (unpaired) electrons. The number of nitrogens with zero attached hydrogens (tertiary/aromatic N) is 1. The van der Waals surface area contributed by atoms with Crippen LogP contribution in [0.5, 0.6) is 0 Å². The van der Waals surface area contributed by atoms with E-state index >= 15 is 0 Å². The molecule has 0 atom stereocenters. The molecule has 0 N–H and O–H groups in total. The predicted molar refractivity (Wildman–Crippen MR) is 114 cm³/mol. The number of amides is 1. The maximum atomic E-state index is 13.0. The lowest BCUT2D eigenvalue weighted by atomic mass is 10.2. The second-order valence-electron chi connectivity index (χ2n) is 6.64. The number of para-hydroxylation sites is 2. The van der Waals surface area contributed by atoms with Crippen LogP contribution in [-0.2, 0) is 19.4 Å². The molecule has 1 aliphatic rings. The summed E-state index contributed by atoms with van der Waals surface area (Å²) in [5.74, 6) is -1.16. The van der Waals surface area contributed by atoms with Gasteiger partial charge in [0.25, 0.3) is 5.91 Å². The zero-order chi connectivity index (χ0) is 21.3. The van der Waals surface area contributed by atoms with E-state index in [9.17, 15) is 18.0 Å². The number of hydrogen-bond donors (Lipinski definition) is 0. The van der Waals surface area contributed by atoms with Gasteiger partial charge in [-0.05, 0) is 42.5 Å². The van der Waals surface area contributed by atoms with Crippen LogP contribution in [0.15, 0.2) is 87.5 Å². The Morgan fingerprint density at radius 3 is 2.10 bits per heavy atom. The lowest BCUT2D eigenvalue weighted by molar-refractivity contribution is -0.121. The van der Waals surface area contributed by atoms with Gasteiger partial charge in [-0.15, -0.1) is 0 Å². The van der Waals surface area contributed by atoms with Gasteiger partial charge in [-0.1, -0.05) is 42.1 Å². The smallest absolute Gasteiger partial charge is 0.338 e. The summed E-state index contributed by atoms with van der Waals surface area (Å²) in [6.45, 7) is -0.477. The summed E-state index contributed by atoms with van der Waals surface area (Å²) in [5, 5.41) is 0. The number of hydrogen-bond acceptors (Lipinski definition) is 6. The van der Waals surface area contributed by atoms with Crippen LogP contribution in [0.4, 0.5) is 11.4 Å². The van der Waals surface area contributed by atoms with Crippen molar-refractivity contribution in [2.75, 3.05) is 17.8 Å². The molecule has 0 aromatic heterocycles. The molecule has 0 unspecified atom stereocenters. The molecule has 3 aromatic carbocycles. The Kier molecular flexibility index (Phi) is 5.36. The highest BCUT2D eigenvalue weighted by atomic mass is 32.2. The third-order valence-electron chi connectivity index (χ3n) is 4.51. The molecule has 6 nitrogen and oxygen atoms in total. The number of carbonyl (C=O) groups is 2. The summed E-state index contributed by atoms with van der Waals surface area (Å²) in [6, 6.07) is 20.6. The summed E-state index contributed by atoms with van der Waals surface area (Å²) in [7, 11) is -3.46. The van der Waals surface area contributed by atoms with Crippen molar-refractivity contribution in [1.82, 2.24) is 0 Å². The van der Waals surface area contributed by atoms with Crippen LogP contribution in [0.25, 0.3) is 0 Å². The Morgan fingerprint density at radius 1 is 0.900 bits per heavy atom. The molecule has 1 aliphatic heterocycles. The molecule has 0 bridgehead atoms. The maximum absolute atomic E-state index is 13.0. The number of rotatable bonds is 4. The predicted octanol–water partition coefficient (Wildman–Crippen LogP) is 4.08. The van der Waals surface area contributed by atoms with Crippen molar-refractivity contribution in [3.8, 4) is 0 Å². The molecule has 0 spiro atoms. The molecule has 0 saturated carbocycles. The average molecular weight is 440 g/mol. The third kappa shape index (κ3) is 3.96. The quantitative estimate of drug-likeness (QED) is 0.570. The first kappa shape index (κ1) is 20.2. The molecule has 3 aromatic rings. The van der Waals surface area contributed by atoms with Crippen LogP contribution in [-0.4, -0.2) is 33.2 Å². The summed E-state index contributed by atoms with van der Waals surface area (Å²) >= 11 is 1.57. The van der Waals surface area contributed by atoms with Crippen molar-refractivity contribution >= 4 is 44.9 Å². The number of fused-ring (bicyclic) bond motifs is 2. The summed E-state index contributed by atoms with van der Waals surface area (Å²) in [4.78, 5) is 28.9. The SMILES string of the molecule is CS(=O)(=O)c1cccc(C(=O)OCC(=O)N2c3ccccc3Sc3ccccc32)c1. The highest BCUT2D eigenvalue weighted by molar-refractivity contribution is 7.99. The van der Waals surface area contributed by atoms with Crippen molar-refractivity contribution in [3.63, 3.8) is 0 Å². The van der Waals surface area contributed by atoms with Gasteiger partial charge >= 0.3 is 5.97 Å². The van der Waals surface area contributed by atoms with E-state index in [1.165, 1.54) is 24.3 Å². The Bertz CT molecular complexity index is 1210. The number of sulfone groups is 1. The third-order valence-corrected chi connectivity index (χ3v) is 6.75. The lowest BCUT2D eigenvalue weighted by Crippen LogP contribution is -2.32. The molecule has 30 heavy (non-hydrogen) atoms. The molecule has 4 rings (SSSR count). The minimum absolute atomic E-state index is 0.0131. The largest absolute Gasteiger partial charge is 0.452 e. The van der Waals surface area contributed by atoms with Crippen LogP contribution in [0.2, 0.25) is 0 Å². The van der Waals surface area contributed by atoms with Crippen molar-refractivity contribution < 1.29 is 22.7 Å². The molecule has 8 heteroatoms. The minimum atomic E-state index is -3.46. The summed E-state index contributed by atoms with van der Waals surface area (Å²) < 4.78 is 28.6. The van der Waals surface area contributed by atoms with E-state index in [1.807, 2.05) is 48.5 Å². The van der Waals surface area contributed by atoms with Crippen LogP contribution >= 0.6 is 11.8 Å². The highest BCUT2D eigenvalue weighted by Crippen LogP contribution is 2.47. The second-order valence-corrected chi connectivity index (χ2v) is 9.74. The van der Waals surface area contributed by atoms with Gasteiger partial charge < -0.3 is 4.74 Å². The molecule has 152 valence electrons. The van der Waals surface area contributed by atoms with Crippen LogP contribution in [0.3, 0.4) is 0 Å². The van der Waals surface area contributed by atoms with E-state index in [-0.39, 0.29) is 10.5 Å². The highest BCUT2D eigenvalue weighted by Gasteiger charge is 2.28. The Morgan fingerprint density at radius 2 is 1.50 bits per heavy atom. The van der Waals surface area contributed by atoms with Gasteiger partial charge in [0.15, 0.2) is 16.4 Å². The lowest BCUT2D eigenvalue weighted by Gasteiger charge is -2.30. The number of esters is 1. The molecular formula is C22H17NO5S2. The van der Waals surface area contributed by atoms with Crippen LogP contribution in [0.1, 0.15) is 10.4 Å². The van der Waals surface area contributed by atoms with E-state index < -0.39 is 28.3 Å². The minimum Gasteiger partial charge on any atom is -0.452 e. The van der Waals surface area contributed by atoms with E-state index in [0.717, 1.165) is 27.4 Å². The van der Waals surface area contributed by atoms with Gasteiger partial charge in [0, 0.05) is 16.0 Å². The summed E-state index contributed by atoms with van der Waals surface area (Å²) in [5.41, 5.74) is 1.52. The summed E-state index contributed by atoms with van der Waals surface area (Å²) in [6.07, 6.45) is 1.06. The first-order valence-electron chi connectivity index (χ1n) is 9.01. The fourth-order valence-corrected chi connectivity index (χ4v) is 4.83. The van der Waals surface area contributed by atoms with Gasteiger partial charge in [0.05, 0.1) is 21.8 Å². The van der Waals surface area contributed by atoms with Crippen molar-refractivity contribution in [1.29, 1.82) is 0 Å². The normalized spacial score (nSPS) is 12.6. The maximum Gasteiger partial charge on any atom is 0.338 e. The first-order valence-corrected chi connectivity index (χ1v) is 11.7. The van der Waals surface area contributed by atoms with E-state index in [2.05, 4.69) is 0 Å². The zero-order valence-corrected chi connectivity index (χ0v) is 17.6. The van der Waals surface area contributed by atoms with E-state index in [4.69, 9.17) is 4.74 Å². The molecule has 1 amide bonds. The number of benzene rings is 3. The molecule has 1 heterocycles. The van der Waals surface area contributed by atoms with Crippen molar-refractivity contribution in [2.24, 2.45) is 0 Å². The van der Waals surface area contributed by atoms with Gasteiger partial charge in [0.2, 0.25) is 0 Å². The molecule has 0 fully saturated rings. The average Bonchev–Trinajstić information content (AvgIpc) is 2.75. The fraction of sp³-hybridized carbons (Fsp3) is 0.0909. The number of carbonyl (C=O) groups excluding carboxylic acids is 2. The zero-order valence-electron chi connectivity index (χ0n) is 15.9. The van der Waals surface area contributed by atoms with E-state index in [1.54, 1.807) is 16.7 Å². The Hall–Kier alpha value is -3.10. The topological polar surface area (TPSA) is 80.7 Å². The van der Waals surface area contributed by atoms with Gasteiger partial charge in [-0.2, -0.15) is 0 Å². The molecule has 0 saturated heterocycles. The van der Waals surface area contributed by atoms with Gasteiger partial charge in [0.1, 0.15) is 0 Å². The first-order chi connectivity index (χ1) is 14.3. The Labute approximate surface area is 178 Å². The fourth-order valence-electron chi connectivity index (χ4n) is 3.10. The van der Waals surface area contributed by atoms with Crippen LogP contribution < -0.4 is 4.90 Å². The second kappa shape index (κ2) is 7.97. The Balaban J connectivity index is 1.56. The van der Waals surface area contributed by atoms with E-state index in [0.29, 0.717) is 0 Å². The van der Waals surface area contributed by atoms with Gasteiger partial charge in [-0.3, -0.25) is 9.69 Å². The monoisotopic (exact) mass is 439 g/mol. The number of ether oxygens (including phenoxy) is 1. The van der Waals surface area contributed by atoms with Crippen molar-refractivity contribution in [2.45, 2.75) is 14.7 Å². The van der Waals surface area contributed by atoms with Gasteiger partial charge in [-0.25, -0.2) is 13.2 Å². The molecule has 0 aliphatic carbocycles. The number of anilines is 2. The van der Waals surface area contributed by atoms with Crippen molar-refractivity contribution in [3.05, 3.63) is 78.4 Å². The van der Waals surface area contributed by atoms with Crippen LogP contribution in [0, 0.1) is 0 Å². The standard InChI is InChI=1S/C22H17NO5S2/c1-30(26,27)16-8-6-7-15(13-16)22(25)28-14-21(24)23-17-9-2-4-11-19(17)29-20-12-5-3-10-18(20)23/h2-13H,14H2,1H3. The molecular weight excluding hydrogens is 422 g/mol.